The molecule has 0 aromatic carbocycles. The molecular weight excluding hydrogens is 258 g/mol. The van der Waals surface area contributed by atoms with E-state index in [1.807, 2.05) is 0 Å². The van der Waals surface area contributed by atoms with E-state index in [0.717, 1.165) is 32.2 Å². The number of β-amino-alcohol motifs (C(OH)–C–C–N with tert-alkyl or cyclic N) is 1. The van der Waals surface area contributed by atoms with Crippen LogP contribution in [0.5, 0.6) is 0 Å². The molecule has 0 aromatic heterocycles. The number of amides is 2. The number of nitrogens with one attached hydrogen (secondary N) is 3. The second-order valence-electron chi connectivity index (χ2n) is 5.84. The lowest BCUT2D eigenvalue weighted by Crippen LogP contribution is -2.42. The van der Waals surface area contributed by atoms with Crippen LogP contribution in [0, 0.1) is 11.8 Å². The summed E-state index contributed by atoms with van der Waals surface area (Å²) in [5.74, 6) is -0.0407. The quantitative estimate of drug-likeness (QED) is 0.541. The fourth-order valence-electron chi connectivity index (χ4n) is 2.91. The minimum Gasteiger partial charge on any atom is -0.391 e. The molecule has 0 spiro atoms. The first-order chi connectivity index (χ1) is 9.66. The van der Waals surface area contributed by atoms with Crippen molar-refractivity contribution >= 4 is 11.8 Å². The summed E-state index contributed by atoms with van der Waals surface area (Å²) in [7, 11) is 0. The van der Waals surface area contributed by atoms with Gasteiger partial charge in [-0.25, -0.2) is 0 Å². The van der Waals surface area contributed by atoms with Crippen molar-refractivity contribution in [1.29, 1.82) is 0 Å². The molecule has 2 rings (SSSR count). The van der Waals surface area contributed by atoms with Crippen LogP contribution >= 0.6 is 0 Å². The normalized spacial score (nSPS) is 27.2. The van der Waals surface area contributed by atoms with Crippen LogP contribution in [0.2, 0.25) is 0 Å². The van der Waals surface area contributed by atoms with E-state index in [1.165, 1.54) is 6.42 Å². The van der Waals surface area contributed by atoms with Crippen molar-refractivity contribution in [2.75, 3.05) is 26.2 Å². The fourth-order valence-corrected chi connectivity index (χ4v) is 2.91. The Morgan fingerprint density at radius 2 is 1.85 bits per heavy atom. The molecule has 2 unspecified atom stereocenters. The van der Waals surface area contributed by atoms with Gasteiger partial charge in [0.05, 0.1) is 12.6 Å². The maximum atomic E-state index is 11.9. The highest BCUT2D eigenvalue weighted by Gasteiger charge is 2.25. The smallest absolute Gasteiger partial charge is 0.239 e. The number of hydrogen-bond acceptors (Lipinski definition) is 4. The molecule has 2 amide bonds. The zero-order chi connectivity index (χ0) is 14.4. The molecule has 1 heterocycles. The van der Waals surface area contributed by atoms with Crippen molar-refractivity contribution in [2.24, 2.45) is 11.8 Å². The molecule has 0 aromatic rings. The summed E-state index contributed by atoms with van der Waals surface area (Å²) in [6, 6.07) is 0. The van der Waals surface area contributed by atoms with Gasteiger partial charge in [-0.05, 0) is 12.8 Å². The highest BCUT2D eigenvalue weighted by Crippen LogP contribution is 2.23. The van der Waals surface area contributed by atoms with Crippen molar-refractivity contribution in [3.05, 3.63) is 0 Å². The lowest BCUT2D eigenvalue weighted by atomic mass is 9.89. The maximum absolute atomic E-state index is 11.9. The molecular formula is C14H25N3O3. The Balaban J connectivity index is 1.60. The van der Waals surface area contributed by atoms with Crippen molar-refractivity contribution in [3.63, 3.8) is 0 Å². The van der Waals surface area contributed by atoms with Gasteiger partial charge in [-0.1, -0.05) is 19.3 Å². The molecule has 1 aliphatic carbocycles. The topological polar surface area (TPSA) is 90.5 Å². The number of carbonyl (C=O) groups excluding carboxylic acids is 2. The summed E-state index contributed by atoms with van der Waals surface area (Å²) in [6.07, 6.45) is 4.91. The Hall–Kier alpha value is -1.14. The van der Waals surface area contributed by atoms with Crippen LogP contribution in [0.3, 0.4) is 0 Å². The number of aliphatic hydroxyl groups is 1. The molecule has 6 heteroatoms. The number of aliphatic hydroxyl groups excluding tert-OH is 1. The summed E-state index contributed by atoms with van der Waals surface area (Å²) in [6.45, 7) is 1.78. The summed E-state index contributed by atoms with van der Waals surface area (Å²) < 4.78 is 0. The predicted molar refractivity (Wildman–Crippen MR) is 75.0 cm³/mol. The van der Waals surface area contributed by atoms with E-state index in [9.17, 15) is 14.7 Å². The van der Waals surface area contributed by atoms with Gasteiger partial charge in [0, 0.05) is 31.5 Å². The van der Waals surface area contributed by atoms with Gasteiger partial charge in [0.25, 0.3) is 0 Å². The van der Waals surface area contributed by atoms with Gasteiger partial charge in [-0.2, -0.15) is 0 Å². The highest BCUT2D eigenvalue weighted by molar-refractivity contribution is 5.85. The van der Waals surface area contributed by atoms with E-state index >= 15 is 0 Å². The molecule has 1 saturated heterocycles. The van der Waals surface area contributed by atoms with Crippen molar-refractivity contribution < 1.29 is 14.7 Å². The Morgan fingerprint density at radius 3 is 2.50 bits per heavy atom. The van der Waals surface area contributed by atoms with Crippen LogP contribution in [-0.2, 0) is 9.59 Å². The third kappa shape index (κ3) is 4.45. The summed E-state index contributed by atoms with van der Waals surface area (Å²) >= 11 is 0. The summed E-state index contributed by atoms with van der Waals surface area (Å²) in [5.41, 5.74) is 0. The first kappa shape index (κ1) is 15.3. The monoisotopic (exact) mass is 283 g/mol. The lowest BCUT2D eigenvalue weighted by Gasteiger charge is -2.20. The van der Waals surface area contributed by atoms with Gasteiger partial charge in [-0.3, -0.25) is 9.59 Å². The maximum Gasteiger partial charge on any atom is 0.239 e. The van der Waals surface area contributed by atoms with Gasteiger partial charge in [0.2, 0.25) is 11.8 Å². The summed E-state index contributed by atoms with van der Waals surface area (Å²) in [4.78, 5) is 23.5. The van der Waals surface area contributed by atoms with E-state index in [1.54, 1.807) is 0 Å². The van der Waals surface area contributed by atoms with Gasteiger partial charge < -0.3 is 21.1 Å². The Morgan fingerprint density at radius 1 is 1.10 bits per heavy atom. The number of rotatable bonds is 5. The minimum absolute atomic E-state index is 0.00224. The molecule has 2 aliphatic rings. The first-order valence-electron chi connectivity index (χ1n) is 7.60. The van der Waals surface area contributed by atoms with Crippen LogP contribution in [0.15, 0.2) is 0 Å². The Kier molecular flexibility index (Phi) is 5.79. The molecule has 4 N–H and O–H groups in total. The van der Waals surface area contributed by atoms with Gasteiger partial charge in [0.15, 0.2) is 0 Å². The lowest BCUT2D eigenvalue weighted by molar-refractivity contribution is -0.129. The van der Waals surface area contributed by atoms with Crippen molar-refractivity contribution in [1.82, 2.24) is 16.0 Å². The standard InChI is InChI=1S/C14H25N3O3/c18-12-8-15-6-11(12)7-16-13(19)9-17-14(20)10-4-2-1-3-5-10/h10-12,15,18H,1-9H2,(H,16,19)(H,17,20). The van der Waals surface area contributed by atoms with Gasteiger partial charge in [-0.15, -0.1) is 0 Å². The van der Waals surface area contributed by atoms with Crippen LogP contribution in [0.4, 0.5) is 0 Å². The van der Waals surface area contributed by atoms with E-state index in [0.29, 0.717) is 13.1 Å². The van der Waals surface area contributed by atoms with E-state index < -0.39 is 6.10 Å². The molecule has 2 fully saturated rings. The fraction of sp³-hybridized carbons (Fsp3) is 0.857. The Bertz CT molecular complexity index is 343. The largest absolute Gasteiger partial charge is 0.391 e. The summed E-state index contributed by atoms with van der Waals surface area (Å²) in [5, 5.41) is 18.1. The average molecular weight is 283 g/mol. The third-order valence-corrected chi connectivity index (χ3v) is 4.26. The molecule has 1 aliphatic heterocycles. The van der Waals surface area contributed by atoms with Crippen molar-refractivity contribution in [2.45, 2.75) is 38.2 Å². The van der Waals surface area contributed by atoms with E-state index in [4.69, 9.17) is 0 Å². The molecule has 114 valence electrons. The number of hydrogen-bond donors (Lipinski definition) is 4. The molecule has 20 heavy (non-hydrogen) atoms. The Labute approximate surface area is 119 Å². The third-order valence-electron chi connectivity index (χ3n) is 4.26. The predicted octanol–water partition coefficient (Wildman–Crippen LogP) is -0.621. The minimum atomic E-state index is -0.396. The molecule has 6 nitrogen and oxygen atoms in total. The van der Waals surface area contributed by atoms with Gasteiger partial charge in [0.1, 0.15) is 0 Å². The first-order valence-corrected chi connectivity index (χ1v) is 7.60. The van der Waals surface area contributed by atoms with Crippen LogP contribution in [-0.4, -0.2) is 49.2 Å². The zero-order valence-corrected chi connectivity index (χ0v) is 11.9. The molecule has 2 atom stereocenters. The highest BCUT2D eigenvalue weighted by atomic mass is 16.3. The van der Waals surface area contributed by atoms with Crippen LogP contribution in [0.25, 0.3) is 0 Å². The second kappa shape index (κ2) is 7.59. The van der Waals surface area contributed by atoms with E-state index in [-0.39, 0.29) is 30.2 Å². The average Bonchev–Trinajstić information content (AvgIpc) is 2.89. The van der Waals surface area contributed by atoms with Crippen LogP contribution < -0.4 is 16.0 Å². The molecule has 0 radical (unpaired) electrons. The number of carbonyl (C=O) groups is 2. The van der Waals surface area contributed by atoms with Crippen LogP contribution in [0.1, 0.15) is 32.1 Å². The SMILES string of the molecule is O=C(CNC(=O)C1CCCCC1)NCC1CNCC1O. The molecule has 1 saturated carbocycles. The van der Waals surface area contributed by atoms with E-state index in [2.05, 4.69) is 16.0 Å². The molecule has 0 bridgehead atoms. The zero-order valence-electron chi connectivity index (χ0n) is 11.9. The van der Waals surface area contributed by atoms with Crippen molar-refractivity contribution in [3.8, 4) is 0 Å². The second-order valence-corrected chi connectivity index (χ2v) is 5.84. The van der Waals surface area contributed by atoms with Gasteiger partial charge >= 0.3 is 0 Å².